The van der Waals surface area contributed by atoms with Crippen molar-refractivity contribution in [3.8, 4) is 0 Å². The van der Waals surface area contributed by atoms with Gasteiger partial charge in [0.1, 0.15) is 6.54 Å². The van der Waals surface area contributed by atoms with Crippen LogP contribution in [0.4, 0.5) is 0 Å². The monoisotopic (exact) mass is 185 g/mol. The Balaban J connectivity index is 2.51. The van der Waals surface area contributed by atoms with Crippen LogP contribution in [-0.4, -0.2) is 42.1 Å². The second kappa shape index (κ2) is 3.93. The van der Waals surface area contributed by atoms with Crippen molar-refractivity contribution >= 4 is 11.9 Å². The fourth-order valence-electron chi connectivity index (χ4n) is 1.06. The number of hydrogen-bond donors (Lipinski definition) is 1. The van der Waals surface area contributed by atoms with E-state index in [1.165, 1.54) is 13.3 Å². The third-order valence-corrected chi connectivity index (χ3v) is 1.71. The number of likely N-dealkylation sites (N-methyl/N-ethyl adjacent to an activating group) is 1. The molecule has 0 radical (unpaired) electrons. The first-order valence-corrected chi connectivity index (χ1v) is 3.89. The number of carboxylic acid groups (broad SMARTS) is 1. The molecule has 0 saturated heterocycles. The lowest BCUT2D eigenvalue weighted by atomic mass is 10.2. The van der Waals surface area contributed by atoms with Gasteiger partial charge < -0.3 is 14.7 Å². The van der Waals surface area contributed by atoms with E-state index in [2.05, 4.69) is 0 Å². The van der Waals surface area contributed by atoms with Gasteiger partial charge >= 0.3 is 5.97 Å². The fraction of sp³-hybridized carbons (Fsp3) is 0.500. The molecule has 0 fully saturated rings. The van der Waals surface area contributed by atoms with Crippen molar-refractivity contribution < 1.29 is 19.4 Å². The number of carbonyl (C=O) groups excluding carboxylic acids is 1. The van der Waals surface area contributed by atoms with Gasteiger partial charge in [-0.1, -0.05) is 0 Å². The van der Waals surface area contributed by atoms with Crippen molar-refractivity contribution in [1.82, 2.24) is 4.90 Å². The summed E-state index contributed by atoms with van der Waals surface area (Å²) in [6.45, 7) is 0.220. The first-order valence-electron chi connectivity index (χ1n) is 3.89. The van der Waals surface area contributed by atoms with Gasteiger partial charge in [-0.25, -0.2) is 0 Å². The lowest BCUT2D eigenvalue weighted by Gasteiger charge is -2.13. The Morgan fingerprint density at radius 2 is 2.38 bits per heavy atom. The Morgan fingerprint density at radius 3 is 2.85 bits per heavy atom. The van der Waals surface area contributed by atoms with Crippen LogP contribution in [0.5, 0.6) is 0 Å². The second-order valence-electron chi connectivity index (χ2n) is 2.82. The zero-order valence-electron chi connectivity index (χ0n) is 7.32. The van der Waals surface area contributed by atoms with Gasteiger partial charge in [0.25, 0.3) is 5.91 Å². The maximum absolute atomic E-state index is 11.4. The molecule has 0 aromatic heterocycles. The average Bonchev–Trinajstić information content (AvgIpc) is 2.53. The topological polar surface area (TPSA) is 66.8 Å². The van der Waals surface area contributed by atoms with Crippen LogP contribution in [0.25, 0.3) is 0 Å². The van der Waals surface area contributed by atoms with Crippen LogP contribution in [0, 0.1) is 0 Å². The van der Waals surface area contributed by atoms with E-state index in [1.807, 2.05) is 0 Å². The summed E-state index contributed by atoms with van der Waals surface area (Å²) in [5.41, 5.74) is 0.531. The molecule has 0 atom stereocenters. The van der Waals surface area contributed by atoms with Crippen LogP contribution in [-0.2, 0) is 14.3 Å². The highest BCUT2D eigenvalue weighted by atomic mass is 16.5. The molecular formula is C8H11NO4. The Bertz CT molecular complexity index is 259. The smallest absolute Gasteiger partial charge is 0.323 e. The zero-order valence-corrected chi connectivity index (χ0v) is 7.32. The summed E-state index contributed by atoms with van der Waals surface area (Å²) >= 11 is 0. The Morgan fingerprint density at radius 1 is 1.69 bits per heavy atom. The first kappa shape index (κ1) is 9.57. The number of nitrogens with zero attached hydrogens (tertiary/aromatic N) is 1. The van der Waals surface area contributed by atoms with Crippen LogP contribution >= 0.6 is 0 Å². The van der Waals surface area contributed by atoms with E-state index in [-0.39, 0.29) is 12.5 Å². The maximum atomic E-state index is 11.4. The Kier molecular flexibility index (Phi) is 2.89. The molecule has 0 saturated carbocycles. The van der Waals surface area contributed by atoms with E-state index in [9.17, 15) is 9.59 Å². The van der Waals surface area contributed by atoms with Crippen LogP contribution < -0.4 is 0 Å². The molecule has 0 unspecified atom stereocenters. The molecule has 1 aliphatic rings. The molecule has 1 heterocycles. The van der Waals surface area contributed by atoms with Crippen LogP contribution in [0.3, 0.4) is 0 Å². The summed E-state index contributed by atoms with van der Waals surface area (Å²) < 4.78 is 4.88. The number of amides is 1. The largest absolute Gasteiger partial charge is 0.500 e. The van der Waals surface area contributed by atoms with Crippen molar-refractivity contribution in [3.05, 3.63) is 11.8 Å². The van der Waals surface area contributed by atoms with Gasteiger partial charge in [0.15, 0.2) is 0 Å². The van der Waals surface area contributed by atoms with E-state index in [4.69, 9.17) is 9.84 Å². The Hall–Kier alpha value is -1.52. The highest BCUT2D eigenvalue weighted by Gasteiger charge is 2.19. The predicted molar refractivity (Wildman–Crippen MR) is 43.9 cm³/mol. The Labute approximate surface area is 75.6 Å². The molecule has 0 aliphatic carbocycles. The summed E-state index contributed by atoms with van der Waals surface area (Å²) in [6.07, 6.45) is 1.95. The molecule has 5 nitrogen and oxygen atoms in total. The lowest BCUT2D eigenvalue weighted by molar-refractivity contribution is -0.142. The van der Waals surface area contributed by atoms with Gasteiger partial charge in [0, 0.05) is 13.5 Å². The minimum Gasteiger partial charge on any atom is -0.500 e. The molecular weight excluding hydrogens is 174 g/mol. The SMILES string of the molecule is CN(CC(=O)O)C(=O)C1=COCC1. The third-order valence-electron chi connectivity index (χ3n) is 1.71. The number of carbonyl (C=O) groups is 2. The summed E-state index contributed by atoms with van der Waals surface area (Å²) in [6, 6.07) is 0. The maximum Gasteiger partial charge on any atom is 0.323 e. The quantitative estimate of drug-likeness (QED) is 0.663. The normalized spacial score (nSPS) is 14.7. The van der Waals surface area contributed by atoms with E-state index >= 15 is 0 Å². The summed E-state index contributed by atoms with van der Waals surface area (Å²) in [5, 5.41) is 8.43. The molecule has 0 aromatic rings. The summed E-state index contributed by atoms with van der Waals surface area (Å²) in [7, 11) is 1.45. The van der Waals surface area contributed by atoms with Gasteiger partial charge in [-0.15, -0.1) is 0 Å². The highest BCUT2D eigenvalue weighted by Crippen LogP contribution is 2.12. The number of carboxylic acids is 1. The number of ether oxygens (including phenoxy) is 1. The zero-order chi connectivity index (χ0) is 9.84. The van der Waals surface area contributed by atoms with Crippen molar-refractivity contribution in [2.45, 2.75) is 6.42 Å². The molecule has 72 valence electrons. The fourth-order valence-corrected chi connectivity index (χ4v) is 1.06. The highest BCUT2D eigenvalue weighted by molar-refractivity contribution is 5.94. The molecule has 1 N–H and O–H groups in total. The first-order chi connectivity index (χ1) is 6.11. The van der Waals surface area contributed by atoms with Crippen LogP contribution in [0.15, 0.2) is 11.8 Å². The molecule has 0 bridgehead atoms. The minimum atomic E-state index is -1.02. The third kappa shape index (κ3) is 2.47. The standard InChI is InChI=1S/C8H11NO4/c1-9(4-7(10)11)8(12)6-2-3-13-5-6/h5H,2-4H2,1H3,(H,10,11). The second-order valence-corrected chi connectivity index (χ2v) is 2.82. The minimum absolute atomic E-state index is 0.278. The van der Waals surface area contributed by atoms with E-state index in [0.29, 0.717) is 18.6 Å². The van der Waals surface area contributed by atoms with Gasteiger partial charge in [-0.3, -0.25) is 9.59 Å². The van der Waals surface area contributed by atoms with Crippen molar-refractivity contribution in [1.29, 1.82) is 0 Å². The van der Waals surface area contributed by atoms with Crippen LogP contribution in [0.2, 0.25) is 0 Å². The molecule has 1 rings (SSSR count). The summed E-state index contributed by atoms with van der Waals surface area (Å²) in [4.78, 5) is 22.8. The number of hydrogen-bond acceptors (Lipinski definition) is 3. The van der Waals surface area contributed by atoms with Gasteiger partial charge in [-0.2, -0.15) is 0 Å². The predicted octanol–water partition coefficient (Wildman–Crippen LogP) is -0.166. The number of rotatable bonds is 3. The van der Waals surface area contributed by atoms with Crippen molar-refractivity contribution in [2.24, 2.45) is 0 Å². The lowest BCUT2D eigenvalue weighted by Crippen LogP contribution is -2.32. The van der Waals surface area contributed by atoms with Crippen molar-refractivity contribution in [2.75, 3.05) is 20.2 Å². The van der Waals surface area contributed by atoms with Gasteiger partial charge in [0.05, 0.1) is 18.4 Å². The van der Waals surface area contributed by atoms with Gasteiger partial charge in [-0.05, 0) is 0 Å². The molecule has 0 aromatic carbocycles. The van der Waals surface area contributed by atoms with Crippen LogP contribution in [0.1, 0.15) is 6.42 Å². The molecule has 1 aliphatic heterocycles. The van der Waals surface area contributed by atoms with E-state index < -0.39 is 5.97 Å². The number of aliphatic carboxylic acids is 1. The van der Waals surface area contributed by atoms with Crippen molar-refractivity contribution in [3.63, 3.8) is 0 Å². The molecule has 13 heavy (non-hydrogen) atoms. The summed E-state index contributed by atoms with van der Waals surface area (Å²) in [5.74, 6) is -1.30. The molecule has 5 heteroatoms. The molecule has 1 amide bonds. The molecule has 0 spiro atoms. The van der Waals surface area contributed by atoms with Gasteiger partial charge in [0.2, 0.25) is 0 Å². The van der Waals surface area contributed by atoms with E-state index in [0.717, 1.165) is 4.90 Å². The average molecular weight is 185 g/mol. The van der Waals surface area contributed by atoms with E-state index in [1.54, 1.807) is 0 Å².